The Morgan fingerprint density at radius 3 is 2.56 bits per heavy atom. The van der Waals surface area contributed by atoms with E-state index >= 15 is 0 Å². The van der Waals surface area contributed by atoms with Gasteiger partial charge in [0.2, 0.25) is 5.91 Å². The molecule has 3 N–H and O–H groups in total. The molecular weight excluding hydrogens is 232 g/mol. The van der Waals surface area contributed by atoms with Crippen LogP contribution in [-0.2, 0) is 11.3 Å². The summed E-state index contributed by atoms with van der Waals surface area (Å²) < 4.78 is 0. The summed E-state index contributed by atoms with van der Waals surface area (Å²) in [4.78, 5) is 23.9. The van der Waals surface area contributed by atoms with Crippen LogP contribution in [0.25, 0.3) is 0 Å². The minimum atomic E-state index is -0.829. The zero-order valence-corrected chi connectivity index (χ0v) is 10.6. The third-order valence-corrected chi connectivity index (χ3v) is 2.73. The van der Waals surface area contributed by atoms with E-state index in [1.54, 1.807) is 19.1 Å². The Morgan fingerprint density at radius 2 is 2.00 bits per heavy atom. The molecule has 0 aliphatic carbocycles. The molecule has 0 heterocycles. The fraction of sp³-hybridized carbons (Fsp3) is 0.385. The number of amides is 1. The van der Waals surface area contributed by atoms with Gasteiger partial charge in [0.25, 0.3) is 0 Å². The van der Waals surface area contributed by atoms with E-state index in [4.69, 9.17) is 10.8 Å². The Kier molecular flexibility index (Phi) is 4.85. The average molecular weight is 250 g/mol. The van der Waals surface area contributed by atoms with Gasteiger partial charge in [0.05, 0.1) is 5.92 Å². The summed E-state index contributed by atoms with van der Waals surface area (Å²) in [5, 5.41) is 8.84. The number of rotatable bonds is 6. The Labute approximate surface area is 106 Å². The standard InChI is InChI=1S/C13H18N2O3/c1-9(13(17)18)7-15(2)8-10-5-3-4-6-11(10)12(14)16/h3-6,9H,7-8H2,1-2H3,(H2,14,16)(H,17,18). The van der Waals surface area contributed by atoms with Gasteiger partial charge in [-0.1, -0.05) is 25.1 Å². The molecule has 0 bridgehead atoms. The summed E-state index contributed by atoms with van der Waals surface area (Å²) in [6, 6.07) is 7.08. The van der Waals surface area contributed by atoms with Crippen molar-refractivity contribution in [1.82, 2.24) is 4.90 Å². The molecule has 1 atom stereocenters. The highest BCUT2D eigenvalue weighted by atomic mass is 16.4. The minimum Gasteiger partial charge on any atom is -0.481 e. The van der Waals surface area contributed by atoms with E-state index in [-0.39, 0.29) is 0 Å². The third-order valence-electron chi connectivity index (χ3n) is 2.73. The van der Waals surface area contributed by atoms with E-state index < -0.39 is 17.8 Å². The van der Waals surface area contributed by atoms with Gasteiger partial charge in [0, 0.05) is 18.7 Å². The van der Waals surface area contributed by atoms with Gasteiger partial charge in [0.15, 0.2) is 0 Å². The highest BCUT2D eigenvalue weighted by molar-refractivity contribution is 5.94. The molecule has 0 spiro atoms. The highest BCUT2D eigenvalue weighted by Gasteiger charge is 2.15. The minimum absolute atomic E-state index is 0.419. The van der Waals surface area contributed by atoms with Crippen molar-refractivity contribution in [3.05, 3.63) is 35.4 Å². The lowest BCUT2D eigenvalue weighted by Crippen LogP contribution is -2.29. The number of benzene rings is 1. The Bertz CT molecular complexity index is 446. The molecule has 0 saturated heterocycles. The van der Waals surface area contributed by atoms with Crippen LogP contribution in [0.3, 0.4) is 0 Å². The average Bonchev–Trinajstić information content (AvgIpc) is 2.28. The first-order chi connectivity index (χ1) is 8.41. The molecule has 98 valence electrons. The first-order valence-electron chi connectivity index (χ1n) is 5.71. The van der Waals surface area contributed by atoms with Gasteiger partial charge in [-0.25, -0.2) is 0 Å². The lowest BCUT2D eigenvalue weighted by Gasteiger charge is -2.20. The third kappa shape index (κ3) is 3.85. The molecule has 0 aliphatic heterocycles. The van der Waals surface area contributed by atoms with Gasteiger partial charge >= 0.3 is 5.97 Å². The predicted octanol–water partition coefficient (Wildman–Crippen LogP) is 0.938. The van der Waals surface area contributed by atoms with Gasteiger partial charge in [-0.2, -0.15) is 0 Å². The second kappa shape index (κ2) is 6.16. The summed E-state index contributed by atoms with van der Waals surface area (Å²) in [6.07, 6.45) is 0. The van der Waals surface area contributed by atoms with Crippen LogP contribution in [0.1, 0.15) is 22.8 Å². The number of carbonyl (C=O) groups is 2. The van der Waals surface area contributed by atoms with E-state index in [0.717, 1.165) is 5.56 Å². The number of carboxylic acids is 1. The van der Waals surface area contributed by atoms with Crippen molar-refractivity contribution in [3.63, 3.8) is 0 Å². The van der Waals surface area contributed by atoms with Gasteiger partial charge in [-0.05, 0) is 18.7 Å². The number of hydrogen-bond donors (Lipinski definition) is 2. The molecule has 1 unspecified atom stereocenters. The largest absolute Gasteiger partial charge is 0.481 e. The van der Waals surface area contributed by atoms with Crippen LogP contribution in [0.15, 0.2) is 24.3 Å². The monoisotopic (exact) mass is 250 g/mol. The molecular formula is C13H18N2O3. The lowest BCUT2D eigenvalue weighted by atomic mass is 10.1. The van der Waals surface area contributed by atoms with E-state index in [0.29, 0.717) is 18.7 Å². The van der Waals surface area contributed by atoms with E-state index in [9.17, 15) is 9.59 Å². The topological polar surface area (TPSA) is 83.6 Å². The van der Waals surface area contributed by atoms with Crippen LogP contribution < -0.4 is 5.73 Å². The molecule has 1 rings (SSSR count). The molecule has 18 heavy (non-hydrogen) atoms. The number of nitrogens with zero attached hydrogens (tertiary/aromatic N) is 1. The second-order valence-electron chi connectivity index (χ2n) is 4.46. The van der Waals surface area contributed by atoms with Gasteiger partial charge in [-0.15, -0.1) is 0 Å². The first-order valence-corrected chi connectivity index (χ1v) is 5.71. The Balaban J connectivity index is 2.73. The molecule has 5 nitrogen and oxygen atoms in total. The fourth-order valence-corrected chi connectivity index (χ4v) is 1.80. The number of aliphatic carboxylic acids is 1. The molecule has 5 heteroatoms. The van der Waals surface area contributed by atoms with Crippen molar-refractivity contribution in [2.24, 2.45) is 11.7 Å². The number of primary amides is 1. The second-order valence-corrected chi connectivity index (χ2v) is 4.46. The zero-order chi connectivity index (χ0) is 13.7. The molecule has 1 aromatic carbocycles. The molecule has 0 radical (unpaired) electrons. The van der Waals surface area contributed by atoms with Crippen LogP contribution in [-0.4, -0.2) is 35.5 Å². The Hall–Kier alpha value is -1.88. The number of hydrogen-bond acceptors (Lipinski definition) is 3. The maximum absolute atomic E-state index is 11.2. The SMILES string of the molecule is CC(CN(C)Cc1ccccc1C(N)=O)C(=O)O. The van der Waals surface area contributed by atoms with Crippen LogP contribution in [0.5, 0.6) is 0 Å². The van der Waals surface area contributed by atoms with Crippen LogP contribution >= 0.6 is 0 Å². The molecule has 0 aliphatic rings. The summed E-state index contributed by atoms with van der Waals surface area (Å²) in [6.45, 7) is 2.57. The van der Waals surface area contributed by atoms with E-state index in [1.807, 2.05) is 24.1 Å². The molecule has 1 amide bonds. The predicted molar refractivity (Wildman–Crippen MR) is 68.1 cm³/mol. The zero-order valence-electron chi connectivity index (χ0n) is 10.6. The quantitative estimate of drug-likeness (QED) is 0.787. The van der Waals surface area contributed by atoms with Crippen LogP contribution in [0.2, 0.25) is 0 Å². The van der Waals surface area contributed by atoms with Crippen molar-refractivity contribution in [2.45, 2.75) is 13.5 Å². The van der Waals surface area contributed by atoms with Gasteiger partial charge in [-0.3, -0.25) is 9.59 Å². The lowest BCUT2D eigenvalue weighted by molar-refractivity contribution is -0.141. The molecule has 0 fully saturated rings. The van der Waals surface area contributed by atoms with Crippen molar-refractivity contribution < 1.29 is 14.7 Å². The number of carbonyl (C=O) groups excluding carboxylic acids is 1. The molecule has 0 saturated carbocycles. The Morgan fingerprint density at radius 1 is 1.39 bits per heavy atom. The maximum atomic E-state index is 11.2. The molecule has 0 aromatic heterocycles. The fourth-order valence-electron chi connectivity index (χ4n) is 1.80. The summed E-state index contributed by atoms with van der Waals surface area (Å²) in [5.74, 6) is -1.74. The van der Waals surface area contributed by atoms with E-state index in [1.165, 1.54) is 0 Å². The normalized spacial score (nSPS) is 12.4. The highest BCUT2D eigenvalue weighted by Crippen LogP contribution is 2.11. The summed E-state index contributed by atoms with van der Waals surface area (Å²) >= 11 is 0. The molecule has 1 aromatic rings. The van der Waals surface area contributed by atoms with E-state index in [2.05, 4.69) is 0 Å². The summed E-state index contributed by atoms with van der Waals surface area (Å²) in [5.41, 5.74) is 6.58. The van der Waals surface area contributed by atoms with Crippen LogP contribution in [0, 0.1) is 5.92 Å². The van der Waals surface area contributed by atoms with Gasteiger partial charge < -0.3 is 15.7 Å². The van der Waals surface area contributed by atoms with Crippen LogP contribution in [0.4, 0.5) is 0 Å². The van der Waals surface area contributed by atoms with Crippen molar-refractivity contribution in [1.29, 1.82) is 0 Å². The number of carboxylic acid groups (broad SMARTS) is 1. The van der Waals surface area contributed by atoms with Crippen molar-refractivity contribution in [3.8, 4) is 0 Å². The summed E-state index contributed by atoms with van der Waals surface area (Å²) in [7, 11) is 1.82. The first kappa shape index (κ1) is 14.2. The van der Waals surface area contributed by atoms with Crippen molar-refractivity contribution in [2.75, 3.05) is 13.6 Å². The number of nitrogens with two attached hydrogens (primary N) is 1. The smallest absolute Gasteiger partial charge is 0.307 e. The van der Waals surface area contributed by atoms with Crippen molar-refractivity contribution >= 4 is 11.9 Å². The maximum Gasteiger partial charge on any atom is 0.307 e. The van der Waals surface area contributed by atoms with Gasteiger partial charge in [0.1, 0.15) is 0 Å².